The van der Waals surface area contributed by atoms with Crippen LogP contribution >= 0.6 is 0 Å². The van der Waals surface area contributed by atoms with Crippen LogP contribution in [0.3, 0.4) is 0 Å². The van der Waals surface area contributed by atoms with Crippen molar-refractivity contribution in [2.75, 3.05) is 6.54 Å². The van der Waals surface area contributed by atoms with E-state index in [0.717, 1.165) is 53.9 Å². The van der Waals surface area contributed by atoms with Gasteiger partial charge < -0.3 is 10.6 Å². The van der Waals surface area contributed by atoms with Crippen LogP contribution in [0.15, 0.2) is 30.3 Å². The number of imide groups is 1. The zero-order valence-corrected chi connectivity index (χ0v) is 17.7. The van der Waals surface area contributed by atoms with E-state index in [1.807, 2.05) is 37.3 Å². The van der Waals surface area contributed by atoms with E-state index < -0.39 is 11.6 Å². The second-order valence-corrected chi connectivity index (χ2v) is 10.1. The molecule has 6 nitrogen and oxygen atoms in total. The molecule has 2 N–H and O–H groups in total. The molecule has 6 rings (SSSR count). The lowest BCUT2D eigenvalue weighted by Crippen LogP contribution is -2.61. The van der Waals surface area contributed by atoms with E-state index >= 15 is 0 Å². The van der Waals surface area contributed by atoms with Gasteiger partial charge in [-0.15, -0.1) is 0 Å². The highest BCUT2D eigenvalue weighted by atomic mass is 16.2. The smallest absolute Gasteiger partial charge is 0.325 e. The largest absolute Gasteiger partial charge is 0.349 e. The fourth-order valence-corrected chi connectivity index (χ4v) is 7.12. The normalized spacial score (nSPS) is 36.8. The summed E-state index contributed by atoms with van der Waals surface area (Å²) in [6.07, 6.45) is 8.32. The molecule has 4 bridgehead atoms. The first-order valence-corrected chi connectivity index (χ1v) is 11.4. The minimum atomic E-state index is -1.08. The molecule has 1 aromatic rings. The van der Waals surface area contributed by atoms with Gasteiger partial charge in [-0.3, -0.25) is 14.5 Å². The van der Waals surface area contributed by atoms with Crippen LogP contribution in [0.1, 0.15) is 63.9 Å². The Balaban J connectivity index is 1.32. The van der Waals surface area contributed by atoms with Crippen molar-refractivity contribution in [3.63, 3.8) is 0 Å². The standard InChI is InChI=1S/C24H31N3O3/c1-2-8-24(19-6-4-3-5-7-19)21(29)27(22(30)26-24)15-20(28)25-23-12-16-9-17(13-23)11-18(10-16)14-23/h3-7,16-18H,2,8-15H2,1H3,(H,25,28)(H,26,30). The number of nitrogens with one attached hydrogen (secondary N) is 2. The minimum absolute atomic E-state index is 0.120. The van der Waals surface area contributed by atoms with Crippen LogP contribution in [0, 0.1) is 17.8 Å². The first-order chi connectivity index (χ1) is 14.4. The Bertz CT molecular complexity index is 832. The molecule has 1 unspecified atom stereocenters. The van der Waals surface area contributed by atoms with Crippen LogP contribution in [-0.2, 0) is 15.1 Å². The van der Waals surface area contributed by atoms with Gasteiger partial charge in [0.25, 0.3) is 5.91 Å². The molecule has 4 amide bonds. The van der Waals surface area contributed by atoms with E-state index in [0.29, 0.717) is 6.42 Å². The summed E-state index contributed by atoms with van der Waals surface area (Å²) in [5.74, 6) is 1.65. The van der Waals surface area contributed by atoms with Gasteiger partial charge in [-0.1, -0.05) is 43.7 Å². The zero-order valence-electron chi connectivity index (χ0n) is 17.7. The lowest BCUT2D eigenvalue weighted by molar-refractivity contribution is -0.137. The van der Waals surface area contributed by atoms with Crippen molar-refractivity contribution in [1.82, 2.24) is 15.5 Å². The topological polar surface area (TPSA) is 78.5 Å². The van der Waals surface area contributed by atoms with Crippen molar-refractivity contribution in [1.29, 1.82) is 0 Å². The quantitative estimate of drug-likeness (QED) is 0.708. The molecular formula is C24H31N3O3. The number of carbonyl (C=O) groups is 3. The highest BCUT2D eigenvalue weighted by molar-refractivity contribution is 6.09. The van der Waals surface area contributed by atoms with Crippen LogP contribution in [0.4, 0.5) is 4.79 Å². The highest BCUT2D eigenvalue weighted by Gasteiger charge is 2.54. The highest BCUT2D eigenvalue weighted by Crippen LogP contribution is 2.55. The molecule has 0 radical (unpaired) electrons. The summed E-state index contributed by atoms with van der Waals surface area (Å²) < 4.78 is 0. The van der Waals surface area contributed by atoms with Gasteiger partial charge in [-0.25, -0.2) is 4.79 Å². The third kappa shape index (κ3) is 3.12. The van der Waals surface area contributed by atoms with Crippen LogP contribution < -0.4 is 10.6 Å². The van der Waals surface area contributed by atoms with E-state index in [1.54, 1.807) is 0 Å². The molecule has 4 aliphatic carbocycles. The van der Waals surface area contributed by atoms with Crippen molar-refractivity contribution in [2.24, 2.45) is 17.8 Å². The molecule has 1 heterocycles. The fourth-order valence-electron chi connectivity index (χ4n) is 7.12. The lowest BCUT2D eigenvalue weighted by atomic mass is 9.53. The maximum atomic E-state index is 13.4. The number of nitrogens with zero attached hydrogens (tertiary/aromatic N) is 1. The van der Waals surface area contributed by atoms with Crippen LogP contribution in [-0.4, -0.2) is 34.8 Å². The van der Waals surface area contributed by atoms with Crippen LogP contribution in [0.5, 0.6) is 0 Å². The number of urea groups is 1. The monoisotopic (exact) mass is 409 g/mol. The van der Waals surface area contributed by atoms with Gasteiger partial charge in [0.15, 0.2) is 0 Å². The molecule has 1 atom stereocenters. The molecule has 160 valence electrons. The number of rotatable bonds is 6. The second-order valence-electron chi connectivity index (χ2n) is 10.1. The Morgan fingerprint density at radius 3 is 2.23 bits per heavy atom. The summed E-state index contributed by atoms with van der Waals surface area (Å²) in [5.41, 5.74) is -0.423. The fraction of sp³-hybridized carbons (Fsp3) is 0.625. The SMILES string of the molecule is CCCC1(c2ccccc2)NC(=O)N(CC(=O)NC23CC4CC(CC(C4)C2)C3)C1=O. The predicted molar refractivity (Wildman–Crippen MR) is 112 cm³/mol. The summed E-state index contributed by atoms with van der Waals surface area (Å²) in [5, 5.41) is 6.19. The summed E-state index contributed by atoms with van der Waals surface area (Å²) >= 11 is 0. The molecule has 1 aromatic carbocycles. The van der Waals surface area contributed by atoms with E-state index in [-0.39, 0.29) is 23.9 Å². The van der Waals surface area contributed by atoms with Gasteiger partial charge in [0.2, 0.25) is 5.91 Å². The van der Waals surface area contributed by atoms with Gasteiger partial charge in [0.05, 0.1) is 0 Å². The second kappa shape index (κ2) is 7.10. The third-order valence-corrected chi connectivity index (χ3v) is 7.81. The van der Waals surface area contributed by atoms with E-state index in [2.05, 4.69) is 10.6 Å². The number of hydrogen-bond donors (Lipinski definition) is 2. The molecule has 1 saturated heterocycles. The lowest BCUT2D eigenvalue weighted by Gasteiger charge is -2.56. The Morgan fingerprint density at radius 2 is 1.67 bits per heavy atom. The Morgan fingerprint density at radius 1 is 1.07 bits per heavy atom. The van der Waals surface area contributed by atoms with E-state index in [9.17, 15) is 14.4 Å². The maximum Gasteiger partial charge on any atom is 0.325 e. The number of carbonyl (C=O) groups excluding carboxylic acids is 3. The number of hydrogen-bond acceptors (Lipinski definition) is 3. The van der Waals surface area contributed by atoms with Gasteiger partial charge in [-0.2, -0.15) is 0 Å². The van der Waals surface area contributed by atoms with Crippen molar-refractivity contribution in [3.8, 4) is 0 Å². The molecular weight excluding hydrogens is 378 g/mol. The molecule has 5 fully saturated rings. The first kappa shape index (κ1) is 19.6. The zero-order chi connectivity index (χ0) is 20.9. The average Bonchev–Trinajstić information content (AvgIpc) is 2.92. The first-order valence-electron chi connectivity index (χ1n) is 11.4. The Kier molecular flexibility index (Phi) is 4.64. The van der Waals surface area contributed by atoms with Crippen molar-refractivity contribution in [2.45, 2.75) is 69.4 Å². The molecule has 6 heteroatoms. The van der Waals surface area contributed by atoms with E-state index in [4.69, 9.17) is 0 Å². The van der Waals surface area contributed by atoms with Crippen LogP contribution in [0.25, 0.3) is 0 Å². The molecule has 30 heavy (non-hydrogen) atoms. The van der Waals surface area contributed by atoms with Crippen LogP contribution in [0.2, 0.25) is 0 Å². The molecule has 5 aliphatic rings. The third-order valence-electron chi connectivity index (χ3n) is 7.81. The van der Waals surface area contributed by atoms with Gasteiger partial charge >= 0.3 is 6.03 Å². The Hall–Kier alpha value is -2.37. The molecule has 4 saturated carbocycles. The molecule has 0 aromatic heterocycles. The summed E-state index contributed by atoms with van der Waals surface area (Å²) in [4.78, 5) is 40.3. The summed E-state index contributed by atoms with van der Waals surface area (Å²) in [7, 11) is 0. The van der Waals surface area contributed by atoms with Gasteiger partial charge in [0, 0.05) is 5.54 Å². The molecule has 0 spiro atoms. The number of benzene rings is 1. The predicted octanol–water partition coefficient (Wildman–Crippen LogP) is 3.32. The minimum Gasteiger partial charge on any atom is -0.349 e. The van der Waals surface area contributed by atoms with E-state index in [1.165, 1.54) is 19.3 Å². The van der Waals surface area contributed by atoms with Crippen molar-refractivity contribution >= 4 is 17.8 Å². The van der Waals surface area contributed by atoms with Gasteiger partial charge in [0.1, 0.15) is 12.1 Å². The van der Waals surface area contributed by atoms with Crippen molar-refractivity contribution in [3.05, 3.63) is 35.9 Å². The average molecular weight is 410 g/mol. The maximum absolute atomic E-state index is 13.4. The Labute approximate surface area is 177 Å². The summed E-state index contributed by atoms with van der Waals surface area (Å²) in [6.45, 7) is 1.79. The van der Waals surface area contributed by atoms with Gasteiger partial charge in [-0.05, 0) is 68.3 Å². The number of amides is 4. The molecule has 1 aliphatic heterocycles. The summed E-state index contributed by atoms with van der Waals surface area (Å²) in [6, 6.07) is 8.89. The van der Waals surface area contributed by atoms with Crippen molar-refractivity contribution < 1.29 is 14.4 Å².